The Morgan fingerprint density at radius 2 is 2.47 bits per heavy atom. The van der Waals surface area contributed by atoms with Crippen LogP contribution in [0.5, 0.6) is 0 Å². The lowest BCUT2D eigenvalue weighted by Gasteiger charge is -2.15. The van der Waals surface area contributed by atoms with Crippen LogP contribution in [0.4, 0.5) is 0 Å². The number of thioether (sulfide) groups is 1. The Hall–Kier alpha value is -0.750. The van der Waals surface area contributed by atoms with Gasteiger partial charge in [-0.15, -0.1) is 11.8 Å². The highest BCUT2D eigenvalue weighted by Gasteiger charge is 2.22. The summed E-state index contributed by atoms with van der Waals surface area (Å²) in [4.78, 5) is 24.5. The van der Waals surface area contributed by atoms with Gasteiger partial charge in [0.05, 0.1) is 11.6 Å². The second-order valence-electron chi connectivity index (χ2n) is 4.57. The largest absolute Gasteiger partial charge is 0.355 e. The second-order valence-corrected chi connectivity index (χ2v) is 5.52. The van der Waals surface area contributed by atoms with Gasteiger partial charge in [-0.3, -0.25) is 9.59 Å². The molecule has 0 saturated carbocycles. The molecular formula is C11H19N3O2S. The summed E-state index contributed by atoms with van der Waals surface area (Å²) in [5, 5.41) is 6.19. The summed E-state index contributed by atoms with van der Waals surface area (Å²) in [6.45, 7) is 3.10. The quantitative estimate of drug-likeness (QED) is 0.706. The average Bonchev–Trinajstić information content (AvgIpc) is 2.92. The summed E-state index contributed by atoms with van der Waals surface area (Å²) < 4.78 is 0. The Morgan fingerprint density at radius 3 is 3.12 bits per heavy atom. The van der Waals surface area contributed by atoms with E-state index >= 15 is 0 Å². The molecule has 1 atom stereocenters. The van der Waals surface area contributed by atoms with Gasteiger partial charge in [-0.2, -0.15) is 0 Å². The van der Waals surface area contributed by atoms with Crippen LogP contribution < -0.4 is 10.6 Å². The van der Waals surface area contributed by atoms with Crippen LogP contribution >= 0.6 is 11.8 Å². The molecule has 2 aliphatic heterocycles. The van der Waals surface area contributed by atoms with Crippen LogP contribution in [0.1, 0.15) is 12.8 Å². The van der Waals surface area contributed by atoms with E-state index in [9.17, 15) is 9.59 Å². The minimum Gasteiger partial charge on any atom is -0.355 e. The van der Waals surface area contributed by atoms with Crippen LogP contribution in [0, 0.1) is 5.92 Å². The van der Waals surface area contributed by atoms with Crippen molar-refractivity contribution in [3.63, 3.8) is 0 Å². The molecule has 0 aromatic heterocycles. The zero-order chi connectivity index (χ0) is 12.1. The molecule has 5 nitrogen and oxygen atoms in total. The third-order valence-corrected chi connectivity index (χ3v) is 4.14. The van der Waals surface area contributed by atoms with Crippen molar-refractivity contribution in [3.05, 3.63) is 0 Å². The Morgan fingerprint density at radius 1 is 1.59 bits per heavy atom. The number of carbonyl (C=O) groups is 2. The van der Waals surface area contributed by atoms with E-state index in [-0.39, 0.29) is 18.4 Å². The fourth-order valence-corrected chi connectivity index (χ4v) is 3.05. The first-order valence-corrected chi connectivity index (χ1v) is 7.24. The average molecular weight is 257 g/mol. The van der Waals surface area contributed by atoms with E-state index in [0.29, 0.717) is 17.5 Å². The molecule has 0 aromatic rings. The van der Waals surface area contributed by atoms with Crippen molar-refractivity contribution in [2.24, 2.45) is 5.92 Å². The Kier molecular flexibility index (Phi) is 4.67. The SMILES string of the molecule is O=C(CN1CSCC1=O)NCCC1CCNC1. The van der Waals surface area contributed by atoms with Gasteiger partial charge in [0.15, 0.2) is 0 Å². The maximum atomic E-state index is 11.6. The van der Waals surface area contributed by atoms with E-state index in [2.05, 4.69) is 10.6 Å². The molecular weight excluding hydrogens is 238 g/mol. The zero-order valence-corrected chi connectivity index (χ0v) is 10.7. The number of nitrogens with one attached hydrogen (secondary N) is 2. The highest BCUT2D eigenvalue weighted by Crippen LogP contribution is 2.14. The molecule has 2 rings (SSSR count). The minimum absolute atomic E-state index is 0.0354. The van der Waals surface area contributed by atoms with E-state index in [1.807, 2.05) is 0 Å². The van der Waals surface area contributed by atoms with Crippen LogP contribution in [0.15, 0.2) is 0 Å². The number of rotatable bonds is 5. The summed E-state index contributed by atoms with van der Waals surface area (Å²) >= 11 is 1.56. The van der Waals surface area contributed by atoms with Crippen LogP contribution in [0.3, 0.4) is 0 Å². The lowest BCUT2D eigenvalue weighted by Crippen LogP contribution is -2.38. The van der Waals surface area contributed by atoms with Crippen LogP contribution in [-0.4, -0.2) is 54.5 Å². The number of hydrogen-bond donors (Lipinski definition) is 2. The normalized spacial score (nSPS) is 24.4. The molecule has 0 bridgehead atoms. The number of nitrogens with zero attached hydrogens (tertiary/aromatic N) is 1. The zero-order valence-electron chi connectivity index (χ0n) is 9.91. The van der Waals surface area contributed by atoms with Crippen molar-refractivity contribution in [1.82, 2.24) is 15.5 Å². The fraction of sp³-hybridized carbons (Fsp3) is 0.818. The lowest BCUT2D eigenvalue weighted by molar-refractivity contribution is -0.132. The van der Waals surface area contributed by atoms with Crippen LogP contribution in [0.25, 0.3) is 0 Å². The molecule has 2 heterocycles. The molecule has 96 valence electrons. The molecule has 0 aromatic carbocycles. The van der Waals surface area contributed by atoms with Gasteiger partial charge in [-0.1, -0.05) is 0 Å². The van der Waals surface area contributed by atoms with Crippen molar-refractivity contribution in [3.8, 4) is 0 Å². The van der Waals surface area contributed by atoms with Gasteiger partial charge in [0, 0.05) is 6.54 Å². The van der Waals surface area contributed by atoms with Gasteiger partial charge < -0.3 is 15.5 Å². The van der Waals surface area contributed by atoms with E-state index < -0.39 is 0 Å². The molecule has 2 amide bonds. The van der Waals surface area contributed by atoms with Gasteiger partial charge >= 0.3 is 0 Å². The highest BCUT2D eigenvalue weighted by atomic mass is 32.2. The Balaban J connectivity index is 1.58. The van der Waals surface area contributed by atoms with Crippen molar-refractivity contribution >= 4 is 23.6 Å². The van der Waals surface area contributed by atoms with Crippen molar-refractivity contribution in [2.75, 3.05) is 37.8 Å². The van der Waals surface area contributed by atoms with Crippen LogP contribution in [0.2, 0.25) is 0 Å². The maximum Gasteiger partial charge on any atom is 0.239 e. The molecule has 6 heteroatoms. The first kappa shape index (κ1) is 12.7. The summed E-state index contributed by atoms with van der Waals surface area (Å²) in [5.74, 6) is 1.90. The van der Waals surface area contributed by atoms with Gasteiger partial charge in [-0.25, -0.2) is 0 Å². The maximum absolute atomic E-state index is 11.6. The smallest absolute Gasteiger partial charge is 0.239 e. The van der Waals surface area contributed by atoms with Gasteiger partial charge in [-0.05, 0) is 31.8 Å². The first-order chi connectivity index (χ1) is 8.25. The molecule has 2 saturated heterocycles. The highest BCUT2D eigenvalue weighted by molar-refractivity contribution is 8.00. The summed E-state index contributed by atoms with van der Waals surface area (Å²) in [5.41, 5.74) is 0. The molecule has 0 spiro atoms. The molecule has 0 radical (unpaired) electrons. The Bertz CT molecular complexity index is 292. The standard InChI is InChI=1S/C11H19N3O2S/c15-10(6-14-8-17-7-11(14)16)13-4-2-9-1-3-12-5-9/h9,12H,1-8H2,(H,13,15). The summed E-state index contributed by atoms with van der Waals surface area (Å²) in [6.07, 6.45) is 2.23. The van der Waals surface area contributed by atoms with Crippen molar-refractivity contribution in [2.45, 2.75) is 12.8 Å². The third kappa shape index (κ3) is 3.89. The second kappa shape index (κ2) is 6.26. The van der Waals surface area contributed by atoms with E-state index in [4.69, 9.17) is 0 Å². The fourth-order valence-electron chi connectivity index (χ4n) is 2.15. The topological polar surface area (TPSA) is 61.4 Å². The Labute approximate surface area is 106 Å². The molecule has 2 aliphatic rings. The van der Waals surface area contributed by atoms with E-state index in [0.717, 1.165) is 26.1 Å². The molecule has 0 aliphatic carbocycles. The minimum atomic E-state index is -0.0354. The molecule has 17 heavy (non-hydrogen) atoms. The summed E-state index contributed by atoms with van der Waals surface area (Å²) in [7, 11) is 0. The number of amides is 2. The van der Waals surface area contributed by atoms with Crippen molar-refractivity contribution < 1.29 is 9.59 Å². The summed E-state index contributed by atoms with van der Waals surface area (Å²) in [6, 6.07) is 0. The first-order valence-electron chi connectivity index (χ1n) is 6.08. The number of hydrogen-bond acceptors (Lipinski definition) is 4. The van der Waals surface area contributed by atoms with Gasteiger partial charge in [0.25, 0.3) is 0 Å². The van der Waals surface area contributed by atoms with Crippen LogP contribution in [-0.2, 0) is 9.59 Å². The molecule has 2 N–H and O–H groups in total. The van der Waals surface area contributed by atoms with Crippen molar-refractivity contribution in [1.29, 1.82) is 0 Å². The lowest BCUT2D eigenvalue weighted by atomic mass is 10.1. The van der Waals surface area contributed by atoms with Gasteiger partial charge in [0.2, 0.25) is 11.8 Å². The monoisotopic (exact) mass is 257 g/mol. The predicted octanol–water partition coefficient (Wildman–Crippen LogP) is -0.365. The number of carbonyl (C=O) groups excluding carboxylic acids is 2. The molecule has 1 unspecified atom stereocenters. The van der Waals surface area contributed by atoms with Gasteiger partial charge in [0.1, 0.15) is 6.54 Å². The van der Waals surface area contributed by atoms with E-state index in [1.165, 1.54) is 6.42 Å². The molecule has 2 fully saturated rings. The predicted molar refractivity (Wildman–Crippen MR) is 67.6 cm³/mol. The van der Waals surface area contributed by atoms with E-state index in [1.54, 1.807) is 16.7 Å². The third-order valence-electron chi connectivity index (χ3n) is 3.20.